The molecule has 34 heavy (non-hydrogen) atoms. The molecule has 0 spiro atoms. The van der Waals surface area contributed by atoms with Gasteiger partial charge >= 0.3 is 11.6 Å². The van der Waals surface area contributed by atoms with Gasteiger partial charge in [0.05, 0.1) is 11.1 Å². The summed E-state index contributed by atoms with van der Waals surface area (Å²) in [6.07, 6.45) is 2.73. The summed E-state index contributed by atoms with van der Waals surface area (Å²) in [6, 6.07) is 20.7. The number of hydrogen-bond acceptors (Lipinski definition) is 5. The SMILES string of the molecule is CC1CCc2nc3ccccc3c(C(=O)OCc3cc(=O)oc4ccc5ccccc5c34)c2C1. The minimum absolute atomic E-state index is 0.0179. The van der Waals surface area contributed by atoms with Gasteiger partial charge in [0.15, 0.2) is 0 Å². The van der Waals surface area contributed by atoms with Crippen LogP contribution >= 0.6 is 0 Å². The van der Waals surface area contributed by atoms with Gasteiger partial charge in [-0.25, -0.2) is 9.59 Å². The Hall–Kier alpha value is -3.99. The molecule has 5 aromatic rings. The van der Waals surface area contributed by atoms with Gasteiger partial charge in [-0.2, -0.15) is 0 Å². The van der Waals surface area contributed by atoms with Crippen LogP contribution in [0.1, 0.15) is 40.5 Å². The van der Waals surface area contributed by atoms with Crippen molar-refractivity contribution in [2.24, 2.45) is 5.92 Å². The molecule has 0 fully saturated rings. The summed E-state index contributed by atoms with van der Waals surface area (Å²) < 4.78 is 11.3. The number of aromatic nitrogens is 1. The number of fused-ring (bicyclic) bond motifs is 5. The summed E-state index contributed by atoms with van der Waals surface area (Å²) in [4.78, 5) is 30.6. The number of rotatable bonds is 3. The quantitative estimate of drug-likeness (QED) is 0.193. The molecule has 6 rings (SSSR count). The van der Waals surface area contributed by atoms with Gasteiger partial charge in [-0.3, -0.25) is 4.98 Å². The van der Waals surface area contributed by atoms with Crippen LogP contribution in [0.5, 0.6) is 0 Å². The highest BCUT2D eigenvalue weighted by Gasteiger charge is 2.26. The number of esters is 1. The molecule has 2 aromatic heterocycles. The second-order valence-electron chi connectivity index (χ2n) is 9.10. The Balaban J connectivity index is 1.44. The first-order chi connectivity index (χ1) is 16.6. The lowest BCUT2D eigenvalue weighted by atomic mass is 9.84. The zero-order valence-electron chi connectivity index (χ0n) is 18.8. The Kier molecular flexibility index (Phi) is 4.91. The summed E-state index contributed by atoms with van der Waals surface area (Å²) in [7, 11) is 0. The van der Waals surface area contributed by atoms with E-state index < -0.39 is 5.63 Å². The van der Waals surface area contributed by atoms with E-state index in [2.05, 4.69) is 6.92 Å². The number of nitrogens with zero attached hydrogens (tertiary/aromatic N) is 1. The standard InChI is InChI=1S/C29H23NO4/c1-17-10-12-24-22(14-17)28(21-8-4-5-9-23(21)30-24)29(32)33-16-19-15-26(31)34-25-13-11-18-6-2-3-7-20(18)27(19)25/h2-9,11,13,15,17H,10,12,14,16H2,1H3. The molecule has 1 aliphatic carbocycles. The molecular formula is C29H23NO4. The van der Waals surface area contributed by atoms with Crippen molar-refractivity contribution >= 4 is 38.6 Å². The molecule has 3 aromatic carbocycles. The second kappa shape index (κ2) is 8.10. The lowest BCUT2D eigenvalue weighted by Crippen LogP contribution is -2.19. The van der Waals surface area contributed by atoms with Gasteiger partial charge in [-0.1, -0.05) is 55.5 Å². The zero-order chi connectivity index (χ0) is 23.2. The molecule has 0 saturated carbocycles. The van der Waals surface area contributed by atoms with Crippen molar-refractivity contribution in [2.45, 2.75) is 32.8 Å². The average molecular weight is 450 g/mol. The highest BCUT2D eigenvalue weighted by Crippen LogP contribution is 2.33. The second-order valence-corrected chi connectivity index (χ2v) is 9.10. The van der Waals surface area contributed by atoms with Gasteiger partial charge in [-0.05, 0) is 53.6 Å². The third-order valence-electron chi connectivity index (χ3n) is 6.78. The maximum atomic E-state index is 13.5. The van der Waals surface area contributed by atoms with E-state index in [1.807, 2.05) is 54.6 Å². The molecule has 0 bridgehead atoms. The van der Waals surface area contributed by atoms with Crippen molar-refractivity contribution < 1.29 is 13.9 Å². The van der Waals surface area contributed by atoms with Crippen molar-refractivity contribution in [3.63, 3.8) is 0 Å². The van der Waals surface area contributed by atoms with Crippen molar-refractivity contribution in [2.75, 3.05) is 0 Å². The highest BCUT2D eigenvalue weighted by atomic mass is 16.5. The summed E-state index contributed by atoms with van der Waals surface area (Å²) >= 11 is 0. The summed E-state index contributed by atoms with van der Waals surface area (Å²) in [5, 5.41) is 3.58. The first-order valence-electron chi connectivity index (χ1n) is 11.6. The van der Waals surface area contributed by atoms with Gasteiger partial charge in [0.1, 0.15) is 12.2 Å². The molecule has 5 nitrogen and oxygen atoms in total. The maximum absolute atomic E-state index is 13.5. The van der Waals surface area contributed by atoms with Gasteiger partial charge < -0.3 is 9.15 Å². The molecule has 1 unspecified atom stereocenters. The number of aryl methyl sites for hydroxylation is 1. The van der Waals surface area contributed by atoms with Crippen LogP contribution in [0, 0.1) is 5.92 Å². The lowest BCUT2D eigenvalue weighted by Gasteiger charge is -2.24. The summed E-state index contributed by atoms with van der Waals surface area (Å²) in [5.74, 6) is 0.0988. The van der Waals surface area contributed by atoms with Crippen LogP contribution in [-0.4, -0.2) is 11.0 Å². The van der Waals surface area contributed by atoms with E-state index >= 15 is 0 Å². The van der Waals surface area contributed by atoms with E-state index in [-0.39, 0.29) is 12.6 Å². The van der Waals surface area contributed by atoms with E-state index in [4.69, 9.17) is 14.1 Å². The molecule has 0 radical (unpaired) electrons. The predicted octanol–water partition coefficient (Wildman–Crippen LogP) is 5.98. The molecule has 0 aliphatic heterocycles. The first-order valence-corrected chi connectivity index (χ1v) is 11.6. The third kappa shape index (κ3) is 3.45. The third-order valence-corrected chi connectivity index (χ3v) is 6.78. The Morgan fingerprint density at radius 2 is 1.85 bits per heavy atom. The largest absolute Gasteiger partial charge is 0.457 e. The van der Waals surface area contributed by atoms with Crippen LogP contribution in [-0.2, 0) is 24.2 Å². The molecule has 0 amide bonds. The Morgan fingerprint density at radius 1 is 1.06 bits per heavy atom. The molecule has 5 heteroatoms. The maximum Gasteiger partial charge on any atom is 0.339 e. The highest BCUT2D eigenvalue weighted by molar-refractivity contribution is 6.07. The predicted molar refractivity (Wildman–Crippen MR) is 132 cm³/mol. The van der Waals surface area contributed by atoms with Crippen molar-refractivity contribution in [3.05, 3.63) is 99.5 Å². The minimum Gasteiger partial charge on any atom is -0.457 e. The lowest BCUT2D eigenvalue weighted by molar-refractivity contribution is 0.0474. The van der Waals surface area contributed by atoms with Gasteiger partial charge in [0.25, 0.3) is 0 Å². The molecule has 2 heterocycles. The number of para-hydroxylation sites is 1. The van der Waals surface area contributed by atoms with Crippen LogP contribution in [0.4, 0.5) is 0 Å². The Morgan fingerprint density at radius 3 is 2.74 bits per heavy atom. The first kappa shape index (κ1) is 20.6. The fourth-order valence-corrected chi connectivity index (χ4v) is 5.15. The van der Waals surface area contributed by atoms with Crippen LogP contribution in [0.15, 0.2) is 75.9 Å². The number of pyridine rings is 1. The number of carbonyl (C=O) groups is 1. The van der Waals surface area contributed by atoms with E-state index in [9.17, 15) is 9.59 Å². The van der Waals surface area contributed by atoms with Crippen molar-refractivity contribution in [1.82, 2.24) is 4.98 Å². The fraction of sp³-hybridized carbons (Fsp3) is 0.207. The summed E-state index contributed by atoms with van der Waals surface area (Å²) in [6.45, 7) is 2.18. The van der Waals surface area contributed by atoms with Crippen molar-refractivity contribution in [3.8, 4) is 0 Å². The zero-order valence-corrected chi connectivity index (χ0v) is 18.8. The number of ether oxygens (including phenoxy) is 1. The smallest absolute Gasteiger partial charge is 0.339 e. The molecule has 0 saturated heterocycles. The van der Waals surface area contributed by atoms with E-state index in [1.54, 1.807) is 6.07 Å². The van der Waals surface area contributed by atoms with Gasteiger partial charge in [0, 0.05) is 28.1 Å². The number of carbonyl (C=O) groups excluding carboxylic acids is 1. The Labute approximate surface area is 196 Å². The normalized spacial score (nSPS) is 15.5. The number of benzene rings is 3. The van der Waals surface area contributed by atoms with Crippen LogP contribution in [0.25, 0.3) is 32.6 Å². The van der Waals surface area contributed by atoms with Crippen molar-refractivity contribution in [1.29, 1.82) is 0 Å². The molecule has 1 aliphatic rings. The van der Waals surface area contributed by atoms with Gasteiger partial charge in [0.2, 0.25) is 0 Å². The molecule has 0 N–H and O–H groups in total. The fourth-order valence-electron chi connectivity index (χ4n) is 5.15. The number of hydrogen-bond donors (Lipinski definition) is 0. The molecule has 168 valence electrons. The topological polar surface area (TPSA) is 69.4 Å². The van der Waals surface area contributed by atoms with Crippen LogP contribution in [0.3, 0.4) is 0 Å². The van der Waals surface area contributed by atoms with E-state index in [0.717, 1.165) is 57.6 Å². The average Bonchev–Trinajstić information content (AvgIpc) is 2.85. The van der Waals surface area contributed by atoms with E-state index in [1.165, 1.54) is 6.07 Å². The van der Waals surface area contributed by atoms with Crippen LogP contribution < -0.4 is 5.63 Å². The summed E-state index contributed by atoms with van der Waals surface area (Å²) in [5.41, 5.74) is 4.04. The monoisotopic (exact) mass is 449 g/mol. The van der Waals surface area contributed by atoms with Crippen LogP contribution in [0.2, 0.25) is 0 Å². The minimum atomic E-state index is -0.464. The van der Waals surface area contributed by atoms with Gasteiger partial charge in [-0.15, -0.1) is 0 Å². The van der Waals surface area contributed by atoms with E-state index in [0.29, 0.717) is 22.6 Å². The molecule has 1 atom stereocenters. The molecular weight excluding hydrogens is 426 g/mol. The Bertz CT molecular complexity index is 1650.